The zero-order valence-corrected chi connectivity index (χ0v) is 7.83. The fourth-order valence-electron chi connectivity index (χ4n) is 1.12. The van der Waals surface area contributed by atoms with Crippen molar-refractivity contribution in [1.29, 1.82) is 0 Å². The molecule has 0 saturated carbocycles. The number of rotatable bonds is 3. The van der Waals surface area contributed by atoms with Gasteiger partial charge in [-0.2, -0.15) is 0 Å². The van der Waals surface area contributed by atoms with E-state index in [1.165, 1.54) is 0 Å². The summed E-state index contributed by atoms with van der Waals surface area (Å²) in [5.41, 5.74) is 0. The van der Waals surface area contributed by atoms with E-state index in [1.807, 2.05) is 0 Å². The van der Waals surface area contributed by atoms with Crippen LogP contribution in [0.3, 0.4) is 0 Å². The topological polar surface area (TPSA) is 41.6 Å². The molecule has 0 unspecified atom stereocenters. The van der Waals surface area contributed by atoms with Crippen LogP contribution < -0.4 is 5.32 Å². The van der Waals surface area contributed by atoms with Crippen LogP contribution in [0.2, 0.25) is 0 Å². The van der Waals surface area contributed by atoms with Gasteiger partial charge in [-0.1, -0.05) is 13.8 Å². The van der Waals surface area contributed by atoms with E-state index in [1.54, 1.807) is 11.9 Å². The van der Waals surface area contributed by atoms with Crippen molar-refractivity contribution in [2.24, 2.45) is 0 Å². The zero-order valence-electron chi connectivity index (χ0n) is 7.83. The van der Waals surface area contributed by atoms with Gasteiger partial charge in [0.25, 0.3) is 0 Å². The highest BCUT2D eigenvalue weighted by Gasteiger charge is 2.27. The summed E-state index contributed by atoms with van der Waals surface area (Å²) in [4.78, 5) is 12.5. The minimum absolute atomic E-state index is 0.0184. The third-order valence-corrected chi connectivity index (χ3v) is 1.81. The first-order chi connectivity index (χ1) is 5.59. The van der Waals surface area contributed by atoms with Gasteiger partial charge in [0.1, 0.15) is 6.10 Å². The molecule has 1 aliphatic rings. The quantitative estimate of drug-likeness (QED) is 0.671. The van der Waals surface area contributed by atoms with Gasteiger partial charge in [-0.3, -0.25) is 0 Å². The number of hydrogen-bond acceptors (Lipinski definition) is 3. The average molecular weight is 172 g/mol. The van der Waals surface area contributed by atoms with Gasteiger partial charge in [0.2, 0.25) is 0 Å². The second kappa shape index (κ2) is 3.76. The fourth-order valence-corrected chi connectivity index (χ4v) is 1.12. The minimum Gasteiger partial charge on any atom is -0.443 e. The summed E-state index contributed by atoms with van der Waals surface area (Å²) in [7, 11) is 1.75. The standard InChI is InChI=1S/C8H16N2O2/c1-6(2)9-4-7-5-10(3)8(11)12-7/h6-7,9H,4-5H2,1-3H3/t7-/m0/s1. The molecule has 0 bridgehead atoms. The number of cyclic esters (lactones) is 1. The largest absolute Gasteiger partial charge is 0.443 e. The first kappa shape index (κ1) is 9.32. The maximum Gasteiger partial charge on any atom is 0.410 e. The molecule has 1 saturated heterocycles. The number of nitrogens with one attached hydrogen (secondary N) is 1. The van der Waals surface area contributed by atoms with Gasteiger partial charge in [0.05, 0.1) is 6.54 Å². The van der Waals surface area contributed by atoms with Crippen LogP contribution >= 0.6 is 0 Å². The van der Waals surface area contributed by atoms with Crippen LogP contribution in [0.25, 0.3) is 0 Å². The molecule has 1 heterocycles. The molecule has 12 heavy (non-hydrogen) atoms. The van der Waals surface area contributed by atoms with Crippen molar-refractivity contribution >= 4 is 6.09 Å². The molecule has 0 aromatic carbocycles. The van der Waals surface area contributed by atoms with Gasteiger partial charge in [-0.15, -0.1) is 0 Å². The van der Waals surface area contributed by atoms with Crippen LogP contribution in [-0.4, -0.2) is 43.3 Å². The highest BCUT2D eigenvalue weighted by Crippen LogP contribution is 2.07. The first-order valence-corrected chi connectivity index (χ1v) is 4.24. The van der Waals surface area contributed by atoms with E-state index in [2.05, 4.69) is 19.2 Å². The molecule has 1 aliphatic heterocycles. The van der Waals surface area contributed by atoms with Crippen molar-refractivity contribution in [2.75, 3.05) is 20.1 Å². The van der Waals surface area contributed by atoms with Crippen molar-refractivity contribution in [2.45, 2.75) is 26.0 Å². The molecule has 0 radical (unpaired) electrons. The Kier molecular flexibility index (Phi) is 2.92. The van der Waals surface area contributed by atoms with E-state index in [0.29, 0.717) is 12.6 Å². The second-order valence-electron chi connectivity index (χ2n) is 3.45. The maximum absolute atomic E-state index is 10.9. The molecule has 0 aromatic rings. The van der Waals surface area contributed by atoms with Crippen LogP contribution in [0.4, 0.5) is 4.79 Å². The Morgan fingerprint density at radius 3 is 2.83 bits per heavy atom. The number of amides is 1. The Balaban J connectivity index is 2.23. The van der Waals surface area contributed by atoms with Gasteiger partial charge < -0.3 is 15.0 Å². The summed E-state index contributed by atoms with van der Waals surface area (Å²) in [5.74, 6) is 0. The van der Waals surface area contributed by atoms with Gasteiger partial charge in [-0.05, 0) is 0 Å². The summed E-state index contributed by atoms with van der Waals surface area (Å²) >= 11 is 0. The molecular weight excluding hydrogens is 156 g/mol. The fraction of sp³-hybridized carbons (Fsp3) is 0.875. The molecule has 4 heteroatoms. The maximum atomic E-state index is 10.9. The van der Waals surface area contributed by atoms with Crippen molar-refractivity contribution in [1.82, 2.24) is 10.2 Å². The lowest BCUT2D eigenvalue weighted by Crippen LogP contribution is -2.33. The first-order valence-electron chi connectivity index (χ1n) is 4.24. The van der Waals surface area contributed by atoms with Crippen LogP contribution in [0.15, 0.2) is 0 Å². The Labute approximate surface area is 72.9 Å². The van der Waals surface area contributed by atoms with E-state index in [4.69, 9.17) is 4.74 Å². The van der Waals surface area contributed by atoms with E-state index in [-0.39, 0.29) is 12.2 Å². The molecule has 1 amide bonds. The molecule has 0 spiro atoms. The molecule has 1 N–H and O–H groups in total. The monoisotopic (exact) mass is 172 g/mol. The predicted octanol–water partition coefficient (Wildman–Crippen LogP) is 0.435. The number of likely N-dealkylation sites (N-methyl/N-ethyl adjacent to an activating group) is 1. The number of carbonyl (C=O) groups is 1. The molecule has 1 atom stereocenters. The van der Waals surface area contributed by atoms with E-state index < -0.39 is 0 Å². The Hall–Kier alpha value is -0.770. The Morgan fingerprint density at radius 1 is 1.75 bits per heavy atom. The van der Waals surface area contributed by atoms with Gasteiger partial charge in [0.15, 0.2) is 0 Å². The third kappa shape index (κ3) is 2.37. The van der Waals surface area contributed by atoms with Crippen molar-refractivity contribution in [3.05, 3.63) is 0 Å². The summed E-state index contributed by atoms with van der Waals surface area (Å²) in [6, 6.07) is 0.439. The van der Waals surface area contributed by atoms with Crippen LogP contribution in [0.5, 0.6) is 0 Å². The SMILES string of the molecule is CC(C)NC[C@H]1CN(C)C(=O)O1. The van der Waals surface area contributed by atoms with Crippen molar-refractivity contribution in [3.63, 3.8) is 0 Å². The van der Waals surface area contributed by atoms with E-state index >= 15 is 0 Å². The smallest absolute Gasteiger partial charge is 0.410 e. The molecule has 1 fully saturated rings. The predicted molar refractivity (Wildman–Crippen MR) is 46.0 cm³/mol. The summed E-state index contributed by atoms with van der Waals surface area (Å²) in [6.07, 6.45) is -0.199. The molecular formula is C8H16N2O2. The molecule has 0 aromatic heterocycles. The lowest BCUT2D eigenvalue weighted by atomic mass is 10.3. The van der Waals surface area contributed by atoms with Crippen molar-refractivity contribution in [3.8, 4) is 0 Å². The minimum atomic E-state index is -0.217. The van der Waals surface area contributed by atoms with Crippen molar-refractivity contribution < 1.29 is 9.53 Å². The van der Waals surface area contributed by atoms with Crippen LogP contribution in [0.1, 0.15) is 13.8 Å². The van der Waals surface area contributed by atoms with E-state index in [9.17, 15) is 4.79 Å². The number of nitrogens with zero attached hydrogens (tertiary/aromatic N) is 1. The van der Waals surface area contributed by atoms with Gasteiger partial charge >= 0.3 is 6.09 Å². The summed E-state index contributed by atoms with van der Waals surface area (Å²) < 4.78 is 5.05. The van der Waals surface area contributed by atoms with Crippen LogP contribution in [-0.2, 0) is 4.74 Å². The lowest BCUT2D eigenvalue weighted by molar-refractivity contribution is 0.132. The molecule has 0 aliphatic carbocycles. The highest BCUT2D eigenvalue weighted by atomic mass is 16.6. The Morgan fingerprint density at radius 2 is 2.42 bits per heavy atom. The molecule has 4 nitrogen and oxygen atoms in total. The Bertz CT molecular complexity index is 170. The second-order valence-corrected chi connectivity index (χ2v) is 3.45. The van der Waals surface area contributed by atoms with Gasteiger partial charge in [-0.25, -0.2) is 4.79 Å². The zero-order chi connectivity index (χ0) is 9.14. The number of carbonyl (C=O) groups excluding carboxylic acids is 1. The number of hydrogen-bond donors (Lipinski definition) is 1. The third-order valence-electron chi connectivity index (χ3n) is 1.81. The molecule has 1 rings (SSSR count). The normalized spacial score (nSPS) is 23.5. The highest BCUT2D eigenvalue weighted by molar-refractivity contribution is 5.69. The summed E-state index contributed by atoms with van der Waals surface area (Å²) in [5, 5.41) is 3.22. The summed E-state index contributed by atoms with van der Waals surface area (Å²) in [6.45, 7) is 5.58. The molecule has 70 valence electrons. The van der Waals surface area contributed by atoms with Gasteiger partial charge in [0, 0.05) is 19.6 Å². The lowest BCUT2D eigenvalue weighted by Gasteiger charge is -2.11. The van der Waals surface area contributed by atoms with E-state index in [0.717, 1.165) is 6.54 Å². The van der Waals surface area contributed by atoms with Crippen LogP contribution in [0, 0.1) is 0 Å². The number of ether oxygens (including phenoxy) is 1. The average Bonchev–Trinajstić information content (AvgIpc) is 2.28.